The van der Waals surface area contributed by atoms with Gasteiger partial charge in [-0.15, -0.1) is 0 Å². The van der Waals surface area contributed by atoms with Crippen LogP contribution in [0.1, 0.15) is 19.0 Å². The molecule has 0 aliphatic carbocycles. The first kappa shape index (κ1) is 10.6. The Kier molecular flexibility index (Phi) is 3.07. The molecule has 0 bridgehead atoms. The second-order valence-corrected chi connectivity index (χ2v) is 4.90. The summed E-state index contributed by atoms with van der Waals surface area (Å²) >= 11 is 0. The maximum Gasteiger partial charge on any atom is 0.124 e. The third-order valence-corrected chi connectivity index (χ3v) is 3.03. The number of hydrogen-bond donors (Lipinski definition) is 1. The fraction of sp³-hybridized carbons (Fsp3) is 0.727. The molecule has 1 atom stereocenters. The second kappa shape index (κ2) is 4.33. The SMILES string of the molecule is CN(Cc1ccon1)CC1(C)CCNC1. The zero-order valence-corrected chi connectivity index (χ0v) is 9.49. The Morgan fingerprint density at radius 2 is 2.53 bits per heavy atom. The first-order valence-corrected chi connectivity index (χ1v) is 5.46. The van der Waals surface area contributed by atoms with Crippen LogP contribution < -0.4 is 5.32 Å². The van der Waals surface area contributed by atoms with Gasteiger partial charge >= 0.3 is 0 Å². The molecule has 1 fully saturated rings. The highest BCUT2D eigenvalue weighted by Gasteiger charge is 2.29. The lowest BCUT2D eigenvalue weighted by atomic mass is 9.89. The lowest BCUT2D eigenvalue weighted by molar-refractivity contribution is 0.199. The van der Waals surface area contributed by atoms with Gasteiger partial charge in [0.25, 0.3) is 0 Å². The molecule has 0 amide bonds. The summed E-state index contributed by atoms with van der Waals surface area (Å²) in [5, 5.41) is 7.34. The zero-order valence-electron chi connectivity index (χ0n) is 9.49. The van der Waals surface area contributed by atoms with E-state index in [1.807, 2.05) is 6.07 Å². The van der Waals surface area contributed by atoms with Crippen LogP contribution in [0, 0.1) is 5.41 Å². The molecule has 0 radical (unpaired) electrons. The van der Waals surface area contributed by atoms with Crippen molar-refractivity contribution >= 4 is 0 Å². The van der Waals surface area contributed by atoms with E-state index in [-0.39, 0.29) is 0 Å². The van der Waals surface area contributed by atoms with Gasteiger partial charge in [0.1, 0.15) is 6.26 Å². The van der Waals surface area contributed by atoms with Crippen LogP contribution in [-0.2, 0) is 6.54 Å². The zero-order chi connectivity index (χ0) is 10.7. The van der Waals surface area contributed by atoms with Crippen molar-refractivity contribution in [1.29, 1.82) is 0 Å². The van der Waals surface area contributed by atoms with Crippen molar-refractivity contribution in [3.8, 4) is 0 Å². The number of nitrogens with zero attached hydrogens (tertiary/aromatic N) is 2. The molecule has 1 unspecified atom stereocenters. The van der Waals surface area contributed by atoms with Gasteiger partial charge < -0.3 is 9.84 Å². The molecular weight excluding hydrogens is 190 g/mol. The average Bonchev–Trinajstić information content (AvgIpc) is 2.76. The van der Waals surface area contributed by atoms with Crippen LogP contribution in [0.3, 0.4) is 0 Å². The standard InChI is InChI=1S/C11H19N3O/c1-11(4-5-12-8-11)9-14(2)7-10-3-6-15-13-10/h3,6,12H,4-5,7-9H2,1-2H3. The van der Waals surface area contributed by atoms with E-state index >= 15 is 0 Å². The molecule has 0 spiro atoms. The van der Waals surface area contributed by atoms with E-state index in [0.29, 0.717) is 5.41 Å². The summed E-state index contributed by atoms with van der Waals surface area (Å²) < 4.78 is 4.82. The van der Waals surface area contributed by atoms with Gasteiger partial charge in [0.05, 0.1) is 5.69 Å². The Morgan fingerprint density at radius 3 is 3.13 bits per heavy atom. The molecule has 1 aliphatic rings. The summed E-state index contributed by atoms with van der Waals surface area (Å²) in [7, 11) is 2.14. The van der Waals surface area contributed by atoms with Crippen LogP contribution >= 0.6 is 0 Å². The molecule has 15 heavy (non-hydrogen) atoms. The normalized spacial score (nSPS) is 26.3. The Balaban J connectivity index is 1.84. The molecule has 4 heteroatoms. The lowest BCUT2D eigenvalue weighted by Crippen LogP contribution is -2.34. The van der Waals surface area contributed by atoms with E-state index in [1.54, 1.807) is 6.26 Å². The quantitative estimate of drug-likeness (QED) is 0.806. The van der Waals surface area contributed by atoms with Gasteiger partial charge in [-0.25, -0.2) is 0 Å². The van der Waals surface area contributed by atoms with Crippen molar-refractivity contribution in [1.82, 2.24) is 15.4 Å². The smallest absolute Gasteiger partial charge is 0.124 e. The van der Waals surface area contributed by atoms with Crippen LogP contribution in [0.15, 0.2) is 16.9 Å². The second-order valence-electron chi connectivity index (χ2n) is 4.90. The minimum absolute atomic E-state index is 0.415. The maximum absolute atomic E-state index is 4.82. The van der Waals surface area contributed by atoms with Gasteiger partial charge in [0.2, 0.25) is 0 Å². The van der Waals surface area contributed by atoms with Crippen molar-refractivity contribution in [3.05, 3.63) is 18.0 Å². The summed E-state index contributed by atoms with van der Waals surface area (Å²) in [6.07, 6.45) is 2.89. The van der Waals surface area contributed by atoms with Crippen LogP contribution in [0.4, 0.5) is 0 Å². The van der Waals surface area contributed by atoms with E-state index < -0.39 is 0 Å². The molecule has 84 valence electrons. The molecule has 0 saturated carbocycles. The largest absolute Gasteiger partial charge is 0.364 e. The Bertz CT molecular complexity index is 291. The Morgan fingerprint density at radius 1 is 1.67 bits per heavy atom. The van der Waals surface area contributed by atoms with Crippen molar-refractivity contribution in [2.24, 2.45) is 5.41 Å². The summed E-state index contributed by atoms with van der Waals surface area (Å²) in [5.74, 6) is 0. The van der Waals surface area contributed by atoms with Gasteiger partial charge in [-0.1, -0.05) is 12.1 Å². The number of nitrogens with one attached hydrogen (secondary N) is 1. The van der Waals surface area contributed by atoms with Crippen molar-refractivity contribution < 1.29 is 4.52 Å². The molecule has 0 aromatic carbocycles. The van der Waals surface area contributed by atoms with E-state index in [0.717, 1.165) is 31.9 Å². The van der Waals surface area contributed by atoms with Crippen molar-refractivity contribution in [2.45, 2.75) is 19.9 Å². The number of aromatic nitrogens is 1. The molecule has 1 saturated heterocycles. The molecule has 1 aromatic rings. The van der Waals surface area contributed by atoms with Crippen LogP contribution in [-0.4, -0.2) is 36.7 Å². The lowest BCUT2D eigenvalue weighted by Gasteiger charge is -2.28. The van der Waals surface area contributed by atoms with Crippen LogP contribution in [0.5, 0.6) is 0 Å². The summed E-state index contributed by atoms with van der Waals surface area (Å²) in [6.45, 7) is 6.58. The highest BCUT2D eigenvalue weighted by Crippen LogP contribution is 2.25. The van der Waals surface area contributed by atoms with Gasteiger partial charge in [0, 0.05) is 25.7 Å². The van der Waals surface area contributed by atoms with Crippen LogP contribution in [0.25, 0.3) is 0 Å². The third kappa shape index (κ3) is 2.79. The molecule has 2 rings (SSSR count). The summed E-state index contributed by atoms with van der Waals surface area (Å²) in [5.41, 5.74) is 1.42. The Hall–Kier alpha value is -0.870. The number of rotatable bonds is 4. The van der Waals surface area contributed by atoms with Gasteiger partial charge in [-0.05, 0) is 25.4 Å². The highest BCUT2D eigenvalue weighted by atomic mass is 16.5. The van der Waals surface area contributed by atoms with E-state index in [2.05, 4.69) is 29.3 Å². The van der Waals surface area contributed by atoms with Crippen LogP contribution in [0.2, 0.25) is 0 Å². The van der Waals surface area contributed by atoms with E-state index in [9.17, 15) is 0 Å². The average molecular weight is 209 g/mol. The summed E-state index contributed by atoms with van der Waals surface area (Å²) in [4.78, 5) is 2.31. The molecule has 4 nitrogen and oxygen atoms in total. The fourth-order valence-electron chi connectivity index (χ4n) is 2.31. The molecule has 2 heterocycles. The van der Waals surface area contributed by atoms with Gasteiger partial charge in [0.15, 0.2) is 0 Å². The van der Waals surface area contributed by atoms with E-state index in [1.165, 1.54) is 6.42 Å². The van der Waals surface area contributed by atoms with Crippen molar-refractivity contribution in [3.63, 3.8) is 0 Å². The monoisotopic (exact) mass is 209 g/mol. The Labute approximate surface area is 90.6 Å². The molecule has 1 aliphatic heterocycles. The predicted octanol–water partition coefficient (Wildman–Crippen LogP) is 1.11. The highest BCUT2D eigenvalue weighted by molar-refractivity contribution is 4.95. The van der Waals surface area contributed by atoms with E-state index in [4.69, 9.17) is 4.52 Å². The van der Waals surface area contributed by atoms with Gasteiger partial charge in [-0.3, -0.25) is 4.90 Å². The summed E-state index contributed by atoms with van der Waals surface area (Å²) in [6, 6.07) is 1.92. The topological polar surface area (TPSA) is 41.3 Å². The predicted molar refractivity (Wildman–Crippen MR) is 58.4 cm³/mol. The number of hydrogen-bond acceptors (Lipinski definition) is 4. The van der Waals surface area contributed by atoms with Crippen molar-refractivity contribution in [2.75, 3.05) is 26.7 Å². The fourth-order valence-corrected chi connectivity index (χ4v) is 2.31. The maximum atomic E-state index is 4.82. The molecule has 1 N–H and O–H groups in total. The first-order chi connectivity index (χ1) is 7.18. The van der Waals surface area contributed by atoms with Gasteiger partial charge in [-0.2, -0.15) is 0 Å². The minimum Gasteiger partial charge on any atom is -0.364 e. The molecular formula is C11H19N3O. The molecule has 1 aromatic heterocycles. The minimum atomic E-state index is 0.415. The first-order valence-electron chi connectivity index (χ1n) is 5.46. The third-order valence-electron chi connectivity index (χ3n) is 3.03.